The maximum atomic E-state index is 12.2. The number of hydrogen-bond donors (Lipinski definition) is 0. The van der Waals surface area contributed by atoms with E-state index in [2.05, 4.69) is 11.8 Å². The SMILES string of the molecule is C#CC#CC(CC(=O)C(F)(F)F)c1ccccc1. The molecule has 0 aliphatic carbocycles. The number of Topliss-reactive ketones (excluding diaryl/α,β-unsaturated/α-hetero) is 1. The Kier molecular flexibility index (Phi) is 4.57. The molecule has 0 amide bonds. The van der Waals surface area contributed by atoms with E-state index < -0.39 is 24.3 Å². The van der Waals surface area contributed by atoms with Crippen molar-refractivity contribution in [3.05, 3.63) is 35.9 Å². The molecule has 1 unspecified atom stereocenters. The molecule has 1 aromatic carbocycles. The van der Waals surface area contributed by atoms with E-state index in [1.54, 1.807) is 30.3 Å². The Balaban J connectivity index is 2.95. The van der Waals surface area contributed by atoms with Crippen LogP contribution in [0.25, 0.3) is 0 Å². The maximum absolute atomic E-state index is 12.2. The minimum atomic E-state index is -4.84. The molecule has 0 aliphatic rings. The number of benzene rings is 1. The van der Waals surface area contributed by atoms with Crippen molar-refractivity contribution in [2.24, 2.45) is 0 Å². The van der Waals surface area contributed by atoms with Gasteiger partial charge in [-0.1, -0.05) is 36.3 Å². The Hall–Kier alpha value is -2.20. The minimum Gasteiger partial charge on any atom is -0.290 e. The van der Waals surface area contributed by atoms with Crippen LogP contribution in [0.3, 0.4) is 0 Å². The molecule has 0 bridgehead atoms. The predicted molar refractivity (Wildman–Crippen MR) is 61.5 cm³/mol. The number of carbonyl (C=O) groups excluding carboxylic acids is 1. The summed E-state index contributed by atoms with van der Waals surface area (Å²) in [5, 5.41) is 0. The standard InChI is InChI=1S/C14H9F3O/c1-2-3-7-12(10-13(18)14(15,16)17)11-8-5-4-6-9-11/h1,4-6,8-9,12H,10H2. The van der Waals surface area contributed by atoms with Gasteiger partial charge in [-0.3, -0.25) is 4.79 Å². The highest BCUT2D eigenvalue weighted by atomic mass is 19.4. The van der Waals surface area contributed by atoms with Gasteiger partial charge in [-0.05, 0) is 17.4 Å². The van der Waals surface area contributed by atoms with Gasteiger partial charge in [0.05, 0.1) is 5.92 Å². The Bertz CT molecular complexity index is 512. The zero-order valence-electron chi connectivity index (χ0n) is 9.29. The molecule has 18 heavy (non-hydrogen) atoms. The van der Waals surface area contributed by atoms with E-state index in [0.717, 1.165) is 0 Å². The zero-order chi connectivity index (χ0) is 13.6. The van der Waals surface area contributed by atoms with Gasteiger partial charge in [0.15, 0.2) is 0 Å². The van der Waals surface area contributed by atoms with Crippen molar-refractivity contribution in [1.82, 2.24) is 0 Å². The van der Waals surface area contributed by atoms with Crippen molar-refractivity contribution < 1.29 is 18.0 Å². The highest BCUT2D eigenvalue weighted by Gasteiger charge is 2.39. The molecule has 92 valence electrons. The lowest BCUT2D eigenvalue weighted by atomic mass is 9.94. The lowest BCUT2D eigenvalue weighted by Gasteiger charge is -2.11. The molecular formula is C14H9F3O. The Morgan fingerprint density at radius 2 is 1.89 bits per heavy atom. The van der Waals surface area contributed by atoms with Gasteiger partial charge in [0.25, 0.3) is 0 Å². The van der Waals surface area contributed by atoms with E-state index >= 15 is 0 Å². The fraction of sp³-hybridized carbons (Fsp3) is 0.214. The van der Waals surface area contributed by atoms with E-state index in [0.29, 0.717) is 5.56 Å². The first kappa shape index (κ1) is 13.9. The fourth-order valence-electron chi connectivity index (χ4n) is 1.37. The highest BCUT2D eigenvalue weighted by molar-refractivity contribution is 5.85. The number of rotatable bonds is 3. The van der Waals surface area contributed by atoms with Crippen LogP contribution in [-0.2, 0) is 4.79 Å². The summed E-state index contributed by atoms with van der Waals surface area (Å²) in [7, 11) is 0. The van der Waals surface area contributed by atoms with E-state index in [4.69, 9.17) is 6.42 Å². The summed E-state index contributed by atoms with van der Waals surface area (Å²) in [6.45, 7) is 0. The van der Waals surface area contributed by atoms with Crippen molar-refractivity contribution in [2.45, 2.75) is 18.5 Å². The smallest absolute Gasteiger partial charge is 0.290 e. The lowest BCUT2D eigenvalue weighted by Crippen LogP contribution is -2.24. The third kappa shape index (κ3) is 3.99. The molecule has 0 N–H and O–H groups in total. The summed E-state index contributed by atoms with van der Waals surface area (Å²) in [5.74, 6) is 4.13. The van der Waals surface area contributed by atoms with Crippen LogP contribution in [0, 0.1) is 24.2 Å². The summed E-state index contributed by atoms with van der Waals surface area (Å²) >= 11 is 0. The predicted octanol–water partition coefficient (Wildman–Crippen LogP) is 2.93. The number of alkyl halides is 3. The monoisotopic (exact) mass is 250 g/mol. The quantitative estimate of drug-likeness (QED) is 0.754. The second kappa shape index (κ2) is 5.93. The molecule has 0 saturated carbocycles. The summed E-state index contributed by atoms with van der Waals surface area (Å²) in [6.07, 6.45) is -0.622. The van der Waals surface area contributed by atoms with Crippen LogP contribution in [0.5, 0.6) is 0 Å². The van der Waals surface area contributed by atoms with Crippen molar-refractivity contribution in [2.75, 3.05) is 0 Å². The van der Waals surface area contributed by atoms with Crippen LogP contribution < -0.4 is 0 Å². The average Bonchev–Trinajstić information content (AvgIpc) is 2.34. The largest absolute Gasteiger partial charge is 0.450 e. The molecule has 1 nitrogen and oxygen atoms in total. The minimum absolute atomic E-state index is 0.540. The molecule has 0 radical (unpaired) electrons. The number of ketones is 1. The molecule has 1 rings (SSSR count). The van der Waals surface area contributed by atoms with Crippen LogP contribution in [0.4, 0.5) is 13.2 Å². The van der Waals surface area contributed by atoms with Gasteiger partial charge in [0.2, 0.25) is 5.78 Å². The van der Waals surface area contributed by atoms with E-state index in [1.165, 1.54) is 0 Å². The molecule has 0 spiro atoms. The van der Waals surface area contributed by atoms with Crippen LogP contribution in [0.15, 0.2) is 30.3 Å². The second-order valence-electron chi connectivity index (χ2n) is 3.50. The maximum Gasteiger partial charge on any atom is 0.450 e. The molecule has 1 aromatic rings. The van der Waals surface area contributed by atoms with Crippen LogP contribution >= 0.6 is 0 Å². The molecule has 1 atom stereocenters. The first-order valence-electron chi connectivity index (χ1n) is 5.06. The molecule has 0 aliphatic heterocycles. The molecule has 0 aromatic heterocycles. The van der Waals surface area contributed by atoms with Crippen molar-refractivity contribution in [3.8, 4) is 24.2 Å². The summed E-state index contributed by atoms with van der Waals surface area (Å²) in [5.41, 5.74) is 0.540. The first-order chi connectivity index (χ1) is 8.45. The number of carbonyl (C=O) groups is 1. The van der Waals surface area contributed by atoms with Gasteiger partial charge >= 0.3 is 6.18 Å². The van der Waals surface area contributed by atoms with Crippen LogP contribution in [0.1, 0.15) is 17.9 Å². The Labute approximate surface area is 103 Å². The summed E-state index contributed by atoms with van der Waals surface area (Å²) in [6, 6.07) is 8.27. The van der Waals surface area contributed by atoms with Crippen LogP contribution in [-0.4, -0.2) is 12.0 Å². The second-order valence-corrected chi connectivity index (χ2v) is 3.50. The number of terminal acetylenes is 1. The number of halogens is 3. The normalized spacial score (nSPS) is 11.9. The van der Waals surface area contributed by atoms with Gasteiger partial charge in [0.1, 0.15) is 0 Å². The molecule has 0 heterocycles. The third-order valence-electron chi connectivity index (χ3n) is 2.23. The average molecular weight is 250 g/mol. The fourth-order valence-corrected chi connectivity index (χ4v) is 1.37. The van der Waals surface area contributed by atoms with Crippen LogP contribution in [0.2, 0.25) is 0 Å². The van der Waals surface area contributed by atoms with Crippen molar-refractivity contribution in [3.63, 3.8) is 0 Å². The van der Waals surface area contributed by atoms with Gasteiger partial charge in [0, 0.05) is 6.42 Å². The first-order valence-corrected chi connectivity index (χ1v) is 5.06. The van der Waals surface area contributed by atoms with E-state index in [9.17, 15) is 18.0 Å². The molecule has 0 saturated heterocycles. The van der Waals surface area contributed by atoms with Gasteiger partial charge in [-0.15, -0.1) is 6.42 Å². The summed E-state index contributed by atoms with van der Waals surface area (Å²) in [4.78, 5) is 11.0. The van der Waals surface area contributed by atoms with Gasteiger partial charge in [-0.2, -0.15) is 13.2 Å². The molecule has 0 fully saturated rings. The van der Waals surface area contributed by atoms with Gasteiger partial charge < -0.3 is 0 Å². The Morgan fingerprint density at radius 3 is 2.39 bits per heavy atom. The molecular weight excluding hydrogens is 241 g/mol. The topological polar surface area (TPSA) is 17.1 Å². The third-order valence-corrected chi connectivity index (χ3v) is 2.23. The van der Waals surface area contributed by atoms with Gasteiger partial charge in [-0.25, -0.2) is 0 Å². The molecule has 4 heteroatoms. The Morgan fingerprint density at radius 1 is 1.28 bits per heavy atom. The van der Waals surface area contributed by atoms with Crippen molar-refractivity contribution in [1.29, 1.82) is 0 Å². The van der Waals surface area contributed by atoms with E-state index in [1.807, 2.05) is 5.92 Å². The summed E-state index contributed by atoms with van der Waals surface area (Å²) < 4.78 is 36.6. The zero-order valence-corrected chi connectivity index (χ0v) is 9.29. The van der Waals surface area contributed by atoms with Crippen molar-refractivity contribution >= 4 is 5.78 Å². The highest BCUT2D eigenvalue weighted by Crippen LogP contribution is 2.25. The number of hydrogen-bond acceptors (Lipinski definition) is 1. The van der Waals surface area contributed by atoms with E-state index in [-0.39, 0.29) is 0 Å². The lowest BCUT2D eigenvalue weighted by molar-refractivity contribution is -0.171.